The molecule has 0 aliphatic carbocycles. The summed E-state index contributed by atoms with van der Waals surface area (Å²) in [5.41, 5.74) is 4.98. The third-order valence-electron chi connectivity index (χ3n) is 5.35. The van der Waals surface area contributed by atoms with Gasteiger partial charge in [0, 0.05) is 17.9 Å². The summed E-state index contributed by atoms with van der Waals surface area (Å²) in [5.74, 6) is 2.01. The van der Waals surface area contributed by atoms with Crippen molar-refractivity contribution < 1.29 is 14.3 Å². The topological polar surface area (TPSA) is 59.6 Å². The smallest absolute Gasteiger partial charge is 0.262 e. The minimum atomic E-state index is -0.198. The maximum Gasteiger partial charge on any atom is 0.262 e. The van der Waals surface area contributed by atoms with Crippen LogP contribution in [0.15, 0.2) is 95.5 Å². The number of amides is 1. The minimum absolute atomic E-state index is 0.0685. The molecule has 0 unspecified atom stereocenters. The molecule has 0 saturated heterocycles. The molecule has 0 radical (unpaired) electrons. The number of hydrogen-bond acceptors (Lipinski definition) is 4. The molecule has 4 aromatic carbocycles. The molecule has 0 aliphatic heterocycles. The van der Waals surface area contributed by atoms with E-state index in [-0.39, 0.29) is 12.5 Å². The van der Waals surface area contributed by atoms with Crippen LogP contribution in [-0.2, 0) is 11.3 Å². The van der Waals surface area contributed by atoms with Gasteiger partial charge in [-0.1, -0.05) is 36.4 Å². The van der Waals surface area contributed by atoms with Crippen molar-refractivity contribution in [3.63, 3.8) is 0 Å². The summed E-state index contributed by atoms with van der Waals surface area (Å²) in [6.07, 6.45) is 0. The zero-order valence-electron chi connectivity index (χ0n) is 19.7. The van der Waals surface area contributed by atoms with Crippen LogP contribution in [0.3, 0.4) is 0 Å². The van der Waals surface area contributed by atoms with Crippen molar-refractivity contribution in [3.05, 3.63) is 112 Å². The maximum atomic E-state index is 12.3. The summed E-state index contributed by atoms with van der Waals surface area (Å²) in [4.78, 5) is 12.3. The second-order valence-electron chi connectivity index (χ2n) is 8.21. The fraction of sp³-hybridized carbons (Fsp3) is 0.138. The largest absolute Gasteiger partial charge is 0.483 e. The van der Waals surface area contributed by atoms with Crippen molar-refractivity contribution in [2.24, 2.45) is 0 Å². The van der Waals surface area contributed by atoms with Gasteiger partial charge in [-0.25, -0.2) is 0 Å². The molecule has 0 atom stereocenters. The van der Waals surface area contributed by atoms with Gasteiger partial charge in [0.15, 0.2) is 6.61 Å². The third kappa shape index (κ3) is 7.11. The van der Waals surface area contributed by atoms with Crippen LogP contribution in [0.4, 0.5) is 11.4 Å². The Labute approximate surface area is 214 Å². The van der Waals surface area contributed by atoms with E-state index in [9.17, 15) is 4.79 Å². The summed E-state index contributed by atoms with van der Waals surface area (Å²) in [7, 11) is 0. The Hall–Kier alpha value is -3.77. The van der Waals surface area contributed by atoms with Crippen molar-refractivity contribution in [1.29, 1.82) is 0 Å². The van der Waals surface area contributed by atoms with Crippen molar-refractivity contribution in [2.45, 2.75) is 20.4 Å². The predicted octanol–water partition coefficient (Wildman–Crippen LogP) is 7.49. The van der Waals surface area contributed by atoms with Gasteiger partial charge in [-0.15, -0.1) is 0 Å². The lowest BCUT2D eigenvalue weighted by Gasteiger charge is -2.13. The molecule has 1 amide bonds. The van der Waals surface area contributed by atoms with E-state index in [4.69, 9.17) is 9.47 Å². The van der Waals surface area contributed by atoms with E-state index >= 15 is 0 Å². The normalized spacial score (nSPS) is 10.5. The molecule has 0 spiro atoms. The number of halogens is 1. The van der Waals surface area contributed by atoms with Gasteiger partial charge in [0.05, 0.1) is 4.47 Å². The van der Waals surface area contributed by atoms with Gasteiger partial charge in [0.1, 0.15) is 17.2 Å². The lowest BCUT2D eigenvalue weighted by atomic mass is 10.1. The van der Waals surface area contributed by atoms with E-state index in [0.29, 0.717) is 12.3 Å². The Morgan fingerprint density at radius 2 is 1.60 bits per heavy atom. The molecular weight excluding hydrogens is 504 g/mol. The van der Waals surface area contributed by atoms with Crippen LogP contribution in [0.1, 0.15) is 16.7 Å². The zero-order chi connectivity index (χ0) is 24.6. The Kier molecular flexibility index (Phi) is 8.06. The highest BCUT2D eigenvalue weighted by Gasteiger charge is 2.09. The van der Waals surface area contributed by atoms with Gasteiger partial charge in [-0.2, -0.15) is 0 Å². The molecule has 0 heterocycles. The zero-order valence-corrected chi connectivity index (χ0v) is 21.3. The van der Waals surface area contributed by atoms with Gasteiger partial charge in [-0.3, -0.25) is 4.79 Å². The van der Waals surface area contributed by atoms with E-state index in [2.05, 4.69) is 26.6 Å². The third-order valence-corrected chi connectivity index (χ3v) is 5.97. The van der Waals surface area contributed by atoms with Crippen LogP contribution < -0.4 is 20.1 Å². The number of aryl methyl sites for hydroxylation is 2. The molecule has 4 rings (SSSR count). The Balaban J connectivity index is 1.27. The molecule has 5 nitrogen and oxygen atoms in total. The van der Waals surface area contributed by atoms with Crippen molar-refractivity contribution in [3.8, 4) is 17.2 Å². The molecule has 0 saturated carbocycles. The number of carbonyl (C=O) groups excluding carboxylic acids is 1. The molecule has 178 valence electrons. The highest BCUT2D eigenvalue weighted by molar-refractivity contribution is 9.10. The van der Waals surface area contributed by atoms with Crippen LogP contribution in [0, 0.1) is 13.8 Å². The second-order valence-corrected chi connectivity index (χ2v) is 9.07. The molecule has 0 aromatic heterocycles. The van der Waals surface area contributed by atoms with Gasteiger partial charge in [-0.05, 0) is 101 Å². The molecule has 2 N–H and O–H groups in total. The number of anilines is 2. The molecule has 4 aromatic rings. The molecule has 0 fully saturated rings. The Morgan fingerprint density at radius 3 is 2.34 bits per heavy atom. The number of para-hydroxylation sites is 1. The van der Waals surface area contributed by atoms with E-state index in [0.717, 1.165) is 44.0 Å². The Bertz CT molecular complexity index is 1290. The summed E-state index contributed by atoms with van der Waals surface area (Å²) in [6.45, 7) is 4.53. The fourth-order valence-corrected chi connectivity index (χ4v) is 3.98. The standard InChI is InChI=1S/C29H27BrN2O3/c1-20-8-9-21(2)27(16-20)32-29(33)19-34-28-15-10-22(17-26(28)30)18-31-23-11-13-25(14-12-23)35-24-6-4-3-5-7-24/h3-17,31H,18-19H2,1-2H3,(H,32,33). The first-order chi connectivity index (χ1) is 17.0. The number of carbonyl (C=O) groups is 1. The summed E-state index contributed by atoms with van der Waals surface area (Å²) < 4.78 is 12.4. The van der Waals surface area contributed by atoms with Crippen LogP contribution in [0.5, 0.6) is 17.2 Å². The van der Waals surface area contributed by atoms with Crippen LogP contribution in [0.2, 0.25) is 0 Å². The lowest BCUT2D eigenvalue weighted by Crippen LogP contribution is -2.20. The van der Waals surface area contributed by atoms with Gasteiger partial charge < -0.3 is 20.1 Å². The highest BCUT2D eigenvalue weighted by Crippen LogP contribution is 2.27. The first-order valence-electron chi connectivity index (χ1n) is 11.3. The molecule has 0 aliphatic rings. The quantitative estimate of drug-likeness (QED) is 0.235. The average molecular weight is 531 g/mol. The molecular formula is C29H27BrN2O3. The summed E-state index contributed by atoms with van der Waals surface area (Å²) >= 11 is 3.55. The van der Waals surface area contributed by atoms with E-state index in [1.807, 2.05) is 105 Å². The minimum Gasteiger partial charge on any atom is -0.483 e. The van der Waals surface area contributed by atoms with Crippen LogP contribution >= 0.6 is 15.9 Å². The number of benzene rings is 4. The first kappa shape index (κ1) is 24.4. The van der Waals surface area contributed by atoms with E-state index < -0.39 is 0 Å². The fourth-order valence-electron chi connectivity index (χ4n) is 3.44. The van der Waals surface area contributed by atoms with Gasteiger partial charge in [0.25, 0.3) is 5.91 Å². The van der Waals surface area contributed by atoms with Crippen LogP contribution in [0.25, 0.3) is 0 Å². The van der Waals surface area contributed by atoms with E-state index in [1.54, 1.807) is 0 Å². The van der Waals surface area contributed by atoms with Crippen molar-refractivity contribution >= 4 is 33.2 Å². The predicted molar refractivity (Wildman–Crippen MR) is 144 cm³/mol. The number of ether oxygens (including phenoxy) is 2. The van der Waals surface area contributed by atoms with Gasteiger partial charge >= 0.3 is 0 Å². The monoisotopic (exact) mass is 530 g/mol. The van der Waals surface area contributed by atoms with Crippen molar-refractivity contribution in [1.82, 2.24) is 0 Å². The second kappa shape index (κ2) is 11.6. The maximum absolute atomic E-state index is 12.3. The van der Waals surface area contributed by atoms with Crippen LogP contribution in [-0.4, -0.2) is 12.5 Å². The summed E-state index contributed by atoms with van der Waals surface area (Å²) in [6, 6.07) is 29.3. The lowest BCUT2D eigenvalue weighted by molar-refractivity contribution is -0.118. The number of hydrogen-bond donors (Lipinski definition) is 2. The number of nitrogens with one attached hydrogen (secondary N) is 2. The van der Waals surface area contributed by atoms with Crippen molar-refractivity contribution in [2.75, 3.05) is 17.2 Å². The summed E-state index contributed by atoms with van der Waals surface area (Å²) in [5, 5.41) is 6.31. The SMILES string of the molecule is Cc1ccc(C)c(NC(=O)COc2ccc(CNc3ccc(Oc4ccccc4)cc3)cc2Br)c1. The average Bonchev–Trinajstić information content (AvgIpc) is 2.86. The first-order valence-corrected chi connectivity index (χ1v) is 12.1. The van der Waals surface area contributed by atoms with Gasteiger partial charge in [0.2, 0.25) is 0 Å². The Morgan fingerprint density at radius 1 is 0.857 bits per heavy atom. The molecule has 0 bridgehead atoms. The van der Waals surface area contributed by atoms with E-state index in [1.165, 1.54) is 0 Å². The number of rotatable bonds is 9. The molecule has 35 heavy (non-hydrogen) atoms. The highest BCUT2D eigenvalue weighted by atomic mass is 79.9. The molecule has 6 heteroatoms.